The maximum atomic E-state index is 14.2. The van der Waals surface area contributed by atoms with E-state index in [0.29, 0.717) is 30.6 Å². The van der Waals surface area contributed by atoms with E-state index < -0.39 is 12.1 Å². The second-order valence-corrected chi connectivity index (χ2v) is 7.66. The first-order valence-corrected chi connectivity index (χ1v) is 9.98. The number of nitrogens with zero attached hydrogens (tertiary/aromatic N) is 2. The number of carbonyl (C=O) groups is 2. The fourth-order valence-electron chi connectivity index (χ4n) is 3.90. The van der Waals surface area contributed by atoms with Gasteiger partial charge in [-0.25, -0.2) is 8.91 Å². The summed E-state index contributed by atoms with van der Waals surface area (Å²) >= 11 is 0. The lowest BCUT2D eigenvalue weighted by Crippen LogP contribution is -2.27. The van der Waals surface area contributed by atoms with Crippen LogP contribution in [0, 0.1) is 0 Å². The number of nitrogens with one attached hydrogen (secondary N) is 2. The van der Waals surface area contributed by atoms with Gasteiger partial charge in [-0.3, -0.25) is 9.59 Å². The Morgan fingerprint density at radius 3 is 2.80 bits per heavy atom. The highest BCUT2D eigenvalue weighted by Gasteiger charge is 2.29. The lowest BCUT2D eigenvalue weighted by atomic mass is 10.1. The number of fused-ring (bicyclic) bond motifs is 1. The first-order chi connectivity index (χ1) is 14.4. The molecule has 2 amide bonds. The summed E-state index contributed by atoms with van der Waals surface area (Å²) in [4.78, 5) is 23.2. The van der Waals surface area contributed by atoms with Gasteiger partial charge in [0.15, 0.2) is 0 Å². The molecule has 8 heteroatoms. The second kappa shape index (κ2) is 8.14. The molecule has 0 aliphatic heterocycles. The van der Waals surface area contributed by atoms with Crippen molar-refractivity contribution in [2.24, 2.45) is 5.73 Å². The first-order valence-electron chi connectivity index (χ1n) is 9.98. The van der Waals surface area contributed by atoms with Crippen molar-refractivity contribution in [3.63, 3.8) is 0 Å². The third-order valence-electron chi connectivity index (χ3n) is 5.47. The minimum absolute atomic E-state index is 0.0908. The van der Waals surface area contributed by atoms with Crippen LogP contribution in [0.4, 0.5) is 10.1 Å². The molecule has 1 saturated carbocycles. The Kier molecular flexibility index (Phi) is 5.39. The van der Waals surface area contributed by atoms with Gasteiger partial charge in [-0.1, -0.05) is 18.2 Å². The quantitative estimate of drug-likeness (QED) is 0.582. The van der Waals surface area contributed by atoms with E-state index in [1.807, 2.05) is 36.5 Å². The second-order valence-electron chi connectivity index (χ2n) is 7.66. The van der Waals surface area contributed by atoms with Crippen molar-refractivity contribution in [2.75, 3.05) is 5.32 Å². The Balaban J connectivity index is 1.73. The standard InChI is InChI=1S/C22H24FN5O2/c1-13(29)25-10-14-4-2-5-15(8-14)16-9-20-21(27-19-7-3-6-18(19)23)17(22(24)30)11-26-28(20)12-16/h2,4-5,8-9,11-12,18-19,27H,3,6-7,10H2,1H3,(H2,24,30)(H,25,29)/t18-,19+/m0/s1. The minimum Gasteiger partial charge on any atom is -0.377 e. The molecule has 0 spiro atoms. The van der Waals surface area contributed by atoms with Gasteiger partial charge in [0.1, 0.15) is 6.17 Å². The fraction of sp³-hybridized carbons (Fsp3) is 0.318. The first kappa shape index (κ1) is 19.9. The summed E-state index contributed by atoms with van der Waals surface area (Å²) in [5, 5.41) is 10.3. The number of amides is 2. The number of anilines is 1. The number of halogens is 1. The molecule has 0 bridgehead atoms. The smallest absolute Gasteiger partial charge is 0.252 e. The topological polar surface area (TPSA) is 102 Å². The molecular weight excluding hydrogens is 385 g/mol. The summed E-state index contributed by atoms with van der Waals surface area (Å²) in [5.41, 5.74) is 9.76. The van der Waals surface area contributed by atoms with Gasteiger partial charge in [0.05, 0.1) is 29.0 Å². The van der Waals surface area contributed by atoms with Crippen LogP contribution in [0.2, 0.25) is 0 Å². The maximum Gasteiger partial charge on any atom is 0.252 e. The zero-order valence-corrected chi connectivity index (χ0v) is 16.7. The molecule has 0 radical (unpaired) electrons. The average molecular weight is 409 g/mol. The molecule has 1 fully saturated rings. The van der Waals surface area contributed by atoms with E-state index in [9.17, 15) is 14.0 Å². The SMILES string of the molecule is CC(=O)NCc1cccc(-c2cc3c(N[C@@H]4CCC[C@@H]4F)c(C(N)=O)cnn3c2)c1. The largest absolute Gasteiger partial charge is 0.377 e. The summed E-state index contributed by atoms with van der Waals surface area (Å²) in [6.07, 6.45) is 4.32. The number of nitrogens with two attached hydrogens (primary N) is 1. The number of rotatable bonds is 6. The third-order valence-corrected chi connectivity index (χ3v) is 5.47. The van der Waals surface area contributed by atoms with Crippen LogP contribution in [0.3, 0.4) is 0 Å². The van der Waals surface area contributed by atoms with Crippen LogP contribution >= 0.6 is 0 Å². The summed E-state index contributed by atoms with van der Waals surface area (Å²) in [6.45, 7) is 1.92. The predicted molar refractivity (Wildman–Crippen MR) is 113 cm³/mol. The number of hydrogen-bond acceptors (Lipinski definition) is 4. The van der Waals surface area contributed by atoms with E-state index in [-0.39, 0.29) is 17.5 Å². The van der Waals surface area contributed by atoms with Crippen molar-refractivity contribution in [1.29, 1.82) is 0 Å². The van der Waals surface area contributed by atoms with E-state index in [1.165, 1.54) is 13.1 Å². The monoisotopic (exact) mass is 409 g/mol. The van der Waals surface area contributed by atoms with Gasteiger partial charge in [0.25, 0.3) is 5.91 Å². The molecule has 2 atom stereocenters. The molecule has 2 heterocycles. The number of hydrogen-bond donors (Lipinski definition) is 3. The van der Waals surface area contributed by atoms with Gasteiger partial charge >= 0.3 is 0 Å². The number of carbonyl (C=O) groups excluding carboxylic acids is 2. The summed E-state index contributed by atoms with van der Waals surface area (Å²) in [5.74, 6) is -0.701. The van der Waals surface area contributed by atoms with E-state index >= 15 is 0 Å². The molecule has 3 aromatic rings. The van der Waals surface area contributed by atoms with E-state index in [0.717, 1.165) is 23.1 Å². The van der Waals surface area contributed by atoms with Gasteiger partial charge < -0.3 is 16.4 Å². The molecule has 0 unspecified atom stereocenters. The Hall–Kier alpha value is -3.42. The highest BCUT2D eigenvalue weighted by molar-refractivity contribution is 6.02. The van der Waals surface area contributed by atoms with Gasteiger partial charge in [-0.2, -0.15) is 5.10 Å². The molecule has 2 aromatic heterocycles. The molecule has 7 nitrogen and oxygen atoms in total. The van der Waals surface area contributed by atoms with Crippen LogP contribution in [0.15, 0.2) is 42.7 Å². The van der Waals surface area contributed by atoms with E-state index in [4.69, 9.17) is 5.73 Å². The molecule has 0 saturated heterocycles. The molecular formula is C22H24FN5O2. The molecule has 1 aliphatic carbocycles. The lowest BCUT2D eigenvalue weighted by molar-refractivity contribution is -0.119. The average Bonchev–Trinajstić information content (AvgIpc) is 3.33. The van der Waals surface area contributed by atoms with E-state index in [1.54, 1.807) is 4.52 Å². The zero-order chi connectivity index (χ0) is 21.3. The summed E-state index contributed by atoms with van der Waals surface area (Å²) in [7, 11) is 0. The summed E-state index contributed by atoms with van der Waals surface area (Å²) < 4.78 is 15.9. The molecule has 30 heavy (non-hydrogen) atoms. The van der Waals surface area contributed by atoms with Crippen molar-refractivity contribution in [3.05, 3.63) is 53.9 Å². The van der Waals surface area contributed by atoms with Gasteiger partial charge in [-0.05, 0) is 42.5 Å². The van der Waals surface area contributed by atoms with E-state index in [2.05, 4.69) is 15.7 Å². The Bertz CT molecular complexity index is 1110. The van der Waals surface area contributed by atoms with Crippen molar-refractivity contribution in [3.8, 4) is 11.1 Å². The van der Waals surface area contributed by atoms with Crippen LogP contribution in [0.25, 0.3) is 16.6 Å². The number of benzene rings is 1. The number of alkyl halides is 1. The Morgan fingerprint density at radius 2 is 2.10 bits per heavy atom. The highest BCUT2D eigenvalue weighted by Crippen LogP contribution is 2.32. The van der Waals surface area contributed by atoms with Gasteiger partial charge in [0, 0.05) is 25.2 Å². The van der Waals surface area contributed by atoms with Crippen LogP contribution < -0.4 is 16.4 Å². The van der Waals surface area contributed by atoms with Crippen molar-refractivity contribution in [1.82, 2.24) is 14.9 Å². The summed E-state index contributed by atoms with van der Waals surface area (Å²) in [6, 6.07) is 9.36. The highest BCUT2D eigenvalue weighted by atomic mass is 19.1. The van der Waals surface area contributed by atoms with Crippen molar-refractivity contribution >= 4 is 23.0 Å². The van der Waals surface area contributed by atoms with Crippen molar-refractivity contribution < 1.29 is 14.0 Å². The Labute approximate surface area is 173 Å². The zero-order valence-electron chi connectivity index (χ0n) is 16.7. The normalized spacial score (nSPS) is 18.5. The number of primary amides is 1. The van der Waals surface area contributed by atoms with Crippen LogP contribution in [-0.2, 0) is 11.3 Å². The Morgan fingerprint density at radius 1 is 1.27 bits per heavy atom. The molecule has 1 aromatic carbocycles. The lowest BCUT2D eigenvalue weighted by Gasteiger charge is -2.19. The fourth-order valence-corrected chi connectivity index (χ4v) is 3.90. The third kappa shape index (κ3) is 3.98. The number of aromatic nitrogens is 2. The van der Waals surface area contributed by atoms with Gasteiger partial charge in [-0.15, -0.1) is 0 Å². The minimum atomic E-state index is -0.959. The molecule has 156 valence electrons. The van der Waals surface area contributed by atoms with Gasteiger partial charge in [0.2, 0.25) is 5.91 Å². The van der Waals surface area contributed by atoms with Crippen LogP contribution in [-0.4, -0.2) is 33.6 Å². The van der Waals surface area contributed by atoms with Crippen LogP contribution in [0.5, 0.6) is 0 Å². The molecule has 4 rings (SSSR count). The van der Waals surface area contributed by atoms with Crippen molar-refractivity contribution in [2.45, 2.75) is 44.9 Å². The maximum absolute atomic E-state index is 14.2. The van der Waals surface area contributed by atoms with Crippen LogP contribution in [0.1, 0.15) is 42.1 Å². The molecule has 1 aliphatic rings. The predicted octanol–water partition coefficient (Wildman–Crippen LogP) is 3.04. The molecule has 4 N–H and O–H groups in total.